The summed E-state index contributed by atoms with van der Waals surface area (Å²) in [6.07, 6.45) is -1.34. The molecule has 2 amide bonds. The van der Waals surface area contributed by atoms with Crippen molar-refractivity contribution in [2.45, 2.75) is 32.9 Å². The Morgan fingerprint density at radius 1 is 0.867 bits per heavy atom. The number of para-hydroxylation sites is 1. The van der Waals surface area contributed by atoms with E-state index >= 15 is 0 Å². The van der Waals surface area contributed by atoms with Crippen LogP contribution in [0.5, 0.6) is 0 Å². The van der Waals surface area contributed by atoms with Gasteiger partial charge in [-0.05, 0) is 31.0 Å². The zero-order valence-corrected chi connectivity index (χ0v) is 16.9. The Labute approximate surface area is 173 Å². The standard InChI is InChI=1S/C23H23F3N2O2/c1-3-13-27(14-4-2)15-18-16-9-5-6-10-17(16)21(29)28(22(18)30)20-12-8-7-11-19(20)23(24,25)26/h5-12,15H,3-4,13-14H2,1-2H3/b18-15-. The lowest BCUT2D eigenvalue weighted by Gasteiger charge is -2.31. The lowest BCUT2D eigenvalue weighted by atomic mass is 9.93. The average molecular weight is 416 g/mol. The predicted octanol–water partition coefficient (Wildman–Crippen LogP) is 5.36. The second-order valence-corrected chi connectivity index (χ2v) is 7.08. The Bertz CT molecular complexity index is 976. The summed E-state index contributed by atoms with van der Waals surface area (Å²) in [5.41, 5.74) is -0.634. The molecule has 0 spiro atoms. The quantitative estimate of drug-likeness (QED) is 0.471. The van der Waals surface area contributed by atoms with Crippen LogP contribution >= 0.6 is 0 Å². The first-order valence-electron chi connectivity index (χ1n) is 9.89. The molecule has 0 unspecified atom stereocenters. The van der Waals surface area contributed by atoms with Crippen LogP contribution in [-0.4, -0.2) is 29.8 Å². The van der Waals surface area contributed by atoms with E-state index in [1.807, 2.05) is 18.7 Å². The van der Waals surface area contributed by atoms with Gasteiger partial charge in [-0.25, -0.2) is 4.90 Å². The van der Waals surface area contributed by atoms with Gasteiger partial charge < -0.3 is 4.90 Å². The molecule has 0 saturated heterocycles. The number of hydrogen-bond donors (Lipinski definition) is 0. The van der Waals surface area contributed by atoms with Gasteiger partial charge in [-0.15, -0.1) is 0 Å². The molecular formula is C23H23F3N2O2. The van der Waals surface area contributed by atoms with Gasteiger partial charge in [-0.2, -0.15) is 13.2 Å². The Kier molecular flexibility index (Phi) is 6.29. The summed E-state index contributed by atoms with van der Waals surface area (Å²) in [5.74, 6) is -1.52. The van der Waals surface area contributed by atoms with Gasteiger partial charge in [0.25, 0.3) is 11.8 Å². The van der Waals surface area contributed by atoms with E-state index in [9.17, 15) is 22.8 Å². The summed E-state index contributed by atoms with van der Waals surface area (Å²) in [7, 11) is 0. The minimum Gasteiger partial charge on any atom is -0.377 e. The molecule has 0 radical (unpaired) electrons. The molecular weight excluding hydrogens is 393 g/mol. The number of rotatable bonds is 6. The molecule has 7 heteroatoms. The molecule has 0 saturated carbocycles. The van der Waals surface area contributed by atoms with Gasteiger partial charge in [0.2, 0.25) is 0 Å². The van der Waals surface area contributed by atoms with Crippen molar-refractivity contribution in [2.24, 2.45) is 0 Å². The molecule has 0 atom stereocenters. The topological polar surface area (TPSA) is 40.6 Å². The molecule has 4 nitrogen and oxygen atoms in total. The van der Waals surface area contributed by atoms with E-state index in [-0.39, 0.29) is 11.1 Å². The highest BCUT2D eigenvalue weighted by Gasteiger charge is 2.41. The van der Waals surface area contributed by atoms with E-state index in [1.54, 1.807) is 24.4 Å². The SMILES string of the molecule is CCCN(/C=C1\C(=O)N(c2ccccc2C(F)(F)F)C(=O)c2ccccc21)CCC. The number of carbonyl (C=O) groups is 2. The monoisotopic (exact) mass is 416 g/mol. The number of anilines is 1. The van der Waals surface area contributed by atoms with E-state index in [0.717, 1.165) is 25.0 Å². The van der Waals surface area contributed by atoms with Gasteiger partial charge in [0, 0.05) is 30.4 Å². The lowest BCUT2D eigenvalue weighted by Crippen LogP contribution is -2.43. The van der Waals surface area contributed by atoms with Gasteiger partial charge in [0.05, 0.1) is 16.8 Å². The number of fused-ring (bicyclic) bond motifs is 1. The summed E-state index contributed by atoms with van der Waals surface area (Å²) < 4.78 is 40.8. The Morgan fingerprint density at radius 3 is 2.03 bits per heavy atom. The second kappa shape index (κ2) is 8.73. The maximum Gasteiger partial charge on any atom is 0.418 e. The lowest BCUT2D eigenvalue weighted by molar-refractivity contribution is -0.137. The summed E-state index contributed by atoms with van der Waals surface area (Å²) in [4.78, 5) is 29.1. The number of alkyl halides is 3. The highest BCUT2D eigenvalue weighted by atomic mass is 19.4. The predicted molar refractivity (Wildman–Crippen MR) is 110 cm³/mol. The number of nitrogens with zero attached hydrogens (tertiary/aromatic N) is 2. The highest BCUT2D eigenvalue weighted by Crippen LogP contribution is 2.40. The third kappa shape index (κ3) is 4.10. The number of benzene rings is 2. The third-order valence-electron chi connectivity index (χ3n) is 4.87. The molecule has 2 aromatic carbocycles. The van der Waals surface area contributed by atoms with Crippen LogP contribution in [0.1, 0.15) is 48.2 Å². The zero-order chi connectivity index (χ0) is 21.9. The fraction of sp³-hybridized carbons (Fsp3) is 0.304. The van der Waals surface area contributed by atoms with Crippen LogP contribution in [0.15, 0.2) is 54.7 Å². The number of carbonyl (C=O) groups excluding carboxylic acids is 2. The van der Waals surface area contributed by atoms with Gasteiger partial charge >= 0.3 is 6.18 Å². The van der Waals surface area contributed by atoms with Gasteiger partial charge in [0.1, 0.15) is 0 Å². The summed E-state index contributed by atoms with van der Waals surface area (Å²) >= 11 is 0. The molecule has 30 heavy (non-hydrogen) atoms. The van der Waals surface area contributed by atoms with Crippen LogP contribution < -0.4 is 4.90 Å². The summed E-state index contributed by atoms with van der Waals surface area (Å²) in [5, 5.41) is 0. The normalized spacial score (nSPS) is 15.5. The van der Waals surface area contributed by atoms with E-state index in [2.05, 4.69) is 0 Å². The number of halogens is 3. The molecule has 0 aromatic heterocycles. The van der Waals surface area contributed by atoms with E-state index in [4.69, 9.17) is 0 Å². The van der Waals surface area contributed by atoms with Crippen LogP contribution in [0.25, 0.3) is 5.57 Å². The van der Waals surface area contributed by atoms with Crippen molar-refractivity contribution in [3.8, 4) is 0 Å². The van der Waals surface area contributed by atoms with Gasteiger partial charge in [-0.3, -0.25) is 9.59 Å². The smallest absolute Gasteiger partial charge is 0.377 e. The van der Waals surface area contributed by atoms with Crippen LogP contribution in [0.3, 0.4) is 0 Å². The van der Waals surface area contributed by atoms with Gasteiger partial charge in [0.15, 0.2) is 0 Å². The van der Waals surface area contributed by atoms with Crippen LogP contribution in [0.4, 0.5) is 18.9 Å². The fourth-order valence-corrected chi connectivity index (χ4v) is 3.60. The van der Waals surface area contributed by atoms with E-state index < -0.39 is 29.2 Å². The molecule has 0 aliphatic carbocycles. The molecule has 0 N–H and O–H groups in total. The highest BCUT2D eigenvalue weighted by molar-refractivity contribution is 6.41. The third-order valence-corrected chi connectivity index (χ3v) is 4.87. The van der Waals surface area contributed by atoms with Crippen molar-refractivity contribution in [3.63, 3.8) is 0 Å². The first kappa shape index (κ1) is 21.6. The minimum absolute atomic E-state index is 0.202. The Hall–Kier alpha value is -3.09. The van der Waals surface area contributed by atoms with E-state index in [1.165, 1.54) is 18.2 Å². The van der Waals surface area contributed by atoms with Gasteiger partial charge in [-0.1, -0.05) is 44.2 Å². The fourth-order valence-electron chi connectivity index (χ4n) is 3.60. The van der Waals surface area contributed by atoms with Crippen LogP contribution in [0.2, 0.25) is 0 Å². The number of amides is 2. The van der Waals surface area contributed by atoms with Crippen LogP contribution in [-0.2, 0) is 11.0 Å². The van der Waals surface area contributed by atoms with Crippen molar-refractivity contribution >= 4 is 23.1 Å². The molecule has 2 aromatic rings. The van der Waals surface area contributed by atoms with Crippen molar-refractivity contribution in [2.75, 3.05) is 18.0 Å². The Morgan fingerprint density at radius 2 is 1.43 bits per heavy atom. The van der Waals surface area contributed by atoms with Crippen LogP contribution in [0, 0.1) is 0 Å². The summed E-state index contributed by atoms with van der Waals surface area (Å²) in [6.45, 7) is 5.40. The number of imide groups is 1. The summed E-state index contributed by atoms with van der Waals surface area (Å²) in [6, 6.07) is 11.2. The minimum atomic E-state index is -4.70. The molecule has 0 bridgehead atoms. The first-order valence-corrected chi connectivity index (χ1v) is 9.89. The average Bonchev–Trinajstić information content (AvgIpc) is 2.71. The molecule has 1 aliphatic heterocycles. The maximum atomic E-state index is 13.6. The maximum absolute atomic E-state index is 13.6. The first-order chi connectivity index (χ1) is 14.3. The largest absolute Gasteiger partial charge is 0.418 e. The molecule has 3 rings (SSSR count). The van der Waals surface area contributed by atoms with Crippen molar-refractivity contribution in [3.05, 3.63) is 71.4 Å². The molecule has 158 valence electrons. The van der Waals surface area contributed by atoms with E-state index in [0.29, 0.717) is 23.6 Å². The molecule has 0 fully saturated rings. The molecule has 1 aliphatic rings. The van der Waals surface area contributed by atoms with Crippen molar-refractivity contribution in [1.82, 2.24) is 4.90 Å². The van der Waals surface area contributed by atoms with Crippen molar-refractivity contribution in [1.29, 1.82) is 0 Å². The Balaban J connectivity index is 2.20. The second-order valence-electron chi connectivity index (χ2n) is 7.08. The number of hydrogen-bond acceptors (Lipinski definition) is 3. The zero-order valence-electron chi connectivity index (χ0n) is 16.9. The van der Waals surface area contributed by atoms with Crippen molar-refractivity contribution < 1.29 is 22.8 Å². The molecule has 1 heterocycles.